The lowest BCUT2D eigenvalue weighted by molar-refractivity contribution is 0.768. The second kappa shape index (κ2) is 16.7. The number of benzene rings is 11. The smallest absolute Gasteiger partial charge is 0.164 e. The first-order valence-electron chi connectivity index (χ1n) is 24.8. The van der Waals surface area contributed by atoms with Crippen molar-refractivity contribution in [3.8, 4) is 67.5 Å². The van der Waals surface area contributed by atoms with Crippen LogP contribution in [0.3, 0.4) is 0 Å². The van der Waals surface area contributed by atoms with Crippen LogP contribution >= 0.6 is 0 Å². The van der Waals surface area contributed by atoms with Crippen molar-refractivity contribution in [2.75, 3.05) is 0 Å². The van der Waals surface area contributed by atoms with E-state index in [-0.39, 0.29) is 0 Å². The molecule has 0 amide bonds. The maximum absolute atomic E-state index is 5.33. The highest BCUT2D eigenvalue weighted by molar-refractivity contribution is 6.06. The van der Waals surface area contributed by atoms with Gasteiger partial charge in [-0.3, -0.25) is 0 Å². The molecule has 0 saturated carbocycles. The molecule has 2 aliphatic carbocycles. The summed E-state index contributed by atoms with van der Waals surface area (Å²) in [5.41, 5.74) is 19.1. The highest BCUT2D eigenvalue weighted by atomic mass is 15.0. The summed E-state index contributed by atoms with van der Waals surface area (Å²) in [6.07, 6.45) is 0. The number of aromatic nitrogens is 3. The molecule has 72 heavy (non-hydrogen) atoms. The molecular weight excluding hydrogens is 871 g/mol. The lowest BCUT2D eigenvalue weighted by atomic mass is 9.66. The van der Waals surface area contributed by atoms with E-state index in [2.05, 4.69) is 255 Å². The van der Waals surface area contributed by atoms with E-state index in [1.807, 2.05) is 18.2 Å². The van der Waals surface area contributed by atoms with E-state index < -0.39 is 10.8 Å². The first-order chi connectivity index (χ1) is 35.7. The van der Waals surface area contributed by atoms with Crippen LogP contribution in [0.1, 0.15) is 44.5 Å². The van der Waals surface area contributed by atoms with Gasteiger partial charge in [-0.25, -0.2) is 15.0 Å². The van der Waals surface area contributed by atoms with Gasteiger partial charge in [0, 0.05) is 16.7 Å². The Morgan fingerprint density at radius 1 is 0.222 bits per heavy atom. The zero-order valence-corrected chi connectivity index (χ0v) is 39.3. The fourth-order valence-corrected chi connectivity index (χ4v) is 12.3. The number of rotatable bonds is 8. The third-order valence-electron chi connectivity index (χ3n) is 15.3. The Morgan fingerprint density at radius 2 is 0.611 bits per heavy atom. The van der Waals surface area contributed by atoms with Crippen molar-refractivity contribution < 1.29 is 0 Å². The summed E-state index contributed by atoms with van der Waals surface area (Å²) in [5, 5.41) is 2.45. The molecule has 2 aliphatic rings. The van der Waals surface area contributed by atoms with Crippen molar-refractivity contribution in [1.29, 1.82) is 0 Å². The van der Waals surface area contributed by atoms with Crippen LogP contribution in [0.25, 0.3) is 78.3 Å². The maximum atomic E-state index is 5.33. The molecule has 11 aromatic carbocycles. The minimum atomic E-state index is -0.547. The van der Waals surface area contributed by atoms with Gasteiger partial charge >= 0.3 is 0 Å². The number of nitrogens with zero attached hydrogens (tertiary/aromatic N) is 3. The van der Waals surface area contributed by atoms with Gasteiger partial charge in [-0.15, -0.1) is 0 Å². The van der Waals surface area contributed by atoms with E-state index in [0.29, 0.717) is 17.5 Å². The first kappa shape index (κ1) is 41.6. The van der Waals surface area contributed by atoms with E-state index in [1.54, 1.807) is 0 Å². The van der Waals surface area contributed by atoms with Gasteiger partial charge in [0.25, 0.3) is 0 Å². The van der Waals surface area contributed by atoms with Gasteiger partial charge in [-0.2, -0.15) is 0 Å². The highest BCUT2D eigenvalue weighted by Gasteiger charge is 2.48. The van der Waals surface area contributed by atoms with Crippen LogP contribution in [-0.2, 0) is 10.8 Å². The van der Waals surface area contributed by atoms with Gasteiger partial charge < -0.3 is 0 Å². The van der Waals surface area contributed by atoms with Crippen molar-refractivity contribution in [3.63, 3.8) is 0 Å². The third-order valence-corrected chi connectivity index (χ3v) is 15.3. The zero-order valence-electron chi connectivity index (χ0n) is 39.3. The van der Waals surface area contributed by atoms with Gasteiger partial charge in [0.1, 0.15) is 0 Å². The molecule has 336 valence electrons. The molecular formula is C69H45N3. The fraction of sp³-hybridized carbons (Fsp3) is 0.0290. The molecule has 3 nitrogen and oxygen atoms in total. The summed E-state index contributed by atoms with van der Waals surface area (Å²) < 4.78 is 0. The summed E-state index contributed by atoms with van der Waals surface area (Å²) in [4.78, 5) is 15.8. The molecule has 0 aliphatic heterocycles. The molecule has 14 rings (SSSR count). The molecule has 0 spiro atoms. The Kier molecular flexibility index (Phi) is 9.65. The molecule has 0 fully saturated rings. The van der Waals surface area contributed by atoms with Crippen molar-refractivity contribution >= 4 is 10.8 Å². The van der Waals surface area contributed by atoms with Gasteiger partial charge in [-0.05, 0) is 94.7 Å². The number of hydrogen-bond donors (Lipinski definition) is 0. The molecule has 12 aromatic rings. The summed E-state index contributed by atoms with van der Waals surface area (Å²) in [5.74, 6) is 1.88. The normalized spacial score (nSPS) is 13.5. The highest BCUT2D eigenvalue weighted by Crippen LogP contribution is 2.59. The minimum Gasteiger partial charge on any atom is -0.208 e. The van der Waals surface area contributed by atoms with Crippen molar-refractivity contribution in [1.82, 2.24) is 15.0 Å². The molecule has 0 saturated heterocycles. The van der Waals surface area contributed by atoms with Crippen molar-refractivity contribution in [2.45, 2.75) is 10.8 Å². The predicted octanol–water partition coefficient (Wildman–Crippen LogP) is 16.4. The predicted molar refractivity (Wildman–Crippen MR) is 294 cm³/mol. The van der Waals surface area contributed by atoms with E-state index in [4.69, 9.17) is 15.0 Å². The second-order valence-corrected chi connectivity index (χ2v) is 19.0. The summed E-state index contributed by atoms with van der Waals surface area (Å²) in [7, 11) is 0. The monoisotopic (exact) mass is 915 g/mol. The Bertz CT molecular complexity index is 3920. The fourth-order valence-electron chi connectivity index (χ4n) is 12.3. The van der Waals surface area contributed by atoms with Gasteiger partial charge in [0.15, 0.2) is 17.5 Å². The Hall–Kier alpha value is -9.31. The number of hydrogen-bond acceptors (Lipinski definition) is 3. The Morgan fingerprint density at radius 3 is 1.18 bits per heavy atom. The van der Waals surface area contributed by atoms with Crippen molar-refractivity contribution in [3.05, 3.63) is 317 Å². The van der Waals surface area contributed by atoms with Crippen LogP contribution in [0.2, 0.25) is 0 Å². The van der Waals surface area contributed by atoms with Crippen LogP contribution in [0.5, 0.6) is 0 Å². The average Bonchev–Trinajstić information content (AvgIpc) is 3.95. The summed E-state index contributed by atoms with van der Waals surface area (Å²) in [6, 6.07) is 99.0. The van der Waals surface area contributed by atoms with E-state index in [1.165, 1.54) is 83.1 Å². The summed E-state index contributed by atoms with van der Waals surface area (Å²) in [6.45, 7) is 0. The molecule has 0 atom stereocenters. The quantitative estimate of drug-likeness (QED) is 0.152. The van der Waals surface area contributed by atoms with E-state index >= 15 is 0 Å². The Balaban J connectivity index is 0.913. The van der Waals surface area contributed by atoms with Crippen LogP contribution in [0.4, 0.5) is 0 Å². The zero-order chi connectivity index (χ0) is 47.6. The molecule has 0 bridgehead atoms. The molecule has 0 radical (unpaired) electrons. The molecule has 0 unspecified atom stereocenters. The van der Waals surface area contributed by atoms with Crippen LogP contribution in [0.15, 0.2) is 273 Å². The topological polar surface area (TPSA) is 38.7 Å². The third kappa shape index (κ3) is 6.20. The van der Waals surface area contributed by atoms with Crippen LogP contribution in [0, 0.1) is 0 Å². The van der Waals surface area contributed by atoms with Gasteiger partial charge in [0.2, 0.25) is 0 Å². The lowest BCUT2D eigenvalue weighted by Crippen LogP contribution is -2.28. The van der Waals surface area contributed by atoms with Crippen LogP contribution < -0.4 is 0 Å². The van der Waals surface area contributed by atoms with Gasteiger partial charge in [0.05, 0.1) is 10.8 Å². The molecule has 3 heteroatoms. The Labute approximate surface area is 419 Å². The average molecular weight is 916 g/mol. The molecule has 0 N–H and O–H groups in total. The van der Waals surface area contributed by atoms with E-state index in [9.17, 15) is 0 Å². The largest absolute Gasteiger partial charge is 0.208 e. The van der Waals surface area contributed by atoms with Crippen molar-refractivity contribution in [2.24, 2.45) is 0 Å². The SMILES string of the molecule is c1ccc(-c2nc(-c3ccc(-c4cccc5c6c(ccc45)-c4ccccc4C6(c4ccccc4)c4ccccc4)cc3)nc(-c3ccc4c(c3)C(c3ccccc3)(c3ccccc3)c3ccccc3-4)n2)cc1. The number of fused-ring (bicyclic) bond motifs is 8. The molecule has 1 aromatic heterocycles. The van der Waals surface area contributed by atoms with E-state index in [0.717, 1.165) is 22.3 Å². The second-order valence-electron chi connectivity index (χ2n) is 19.0. The van der Waals surface area contributed by atoms with Gasteiger partial charge in [-0.1, -0.05) is 267 Å². The lowest BCUT2D eigenvalue weighted by Gasteiger charge is -2.34. The summed E-state index contributed by atoms with van der Waals surface area (Å²) >= 11 is 0. The minimum absolute atomic E-state index is 0.503. The first-order valence-corrected chi connectivity index (χ1v) is 24.8. The molecule has 1 heterocycles. The maximum Gasteiger partial charge on any atom is 0.164 e. The standard InChI is InChI=1S/C69H45N3/c1-6-21-47(22-7-1)65-70-66(72-67(71-65)49-41-42-58-56-31-16-18-35-61(56)68(63(58)45-49,50-23-8-2-9-24-50)51-25-10-3-11-26-51)48-39-37-46(38-40-48)54-33-20-34-59-55(54)43-44-60-57-32-17-19-36-62(57)69(64(59)60,52-27-12-4-13-28-52)53-29-14-5-15-30-53/h1-45H. The van der Waals surface area contributed by atoms with Crippen LogP contribution in [-0.4, -0.2) is 15.0 Å².